The van der Waals surface area contributed by atoms with Gasteiger partial charge in [0.05, 0.1) is 5.02 Å². The molecule has 1 atom stereocenters. The minimum Gasteiger partial charge on any atom is -0.316 e. The van der Waals surface area contributed by atoms with Crippen molar-refractivity contribution < 1.29 is 4.79 Å². The molecule has 21 heavy (non-hydrogen) atoms. The van der Waals surface area contributed by atoms with Crippen molar-refractivity contribution >= 4 is 46.6 Å². The molecular formula is C15H12Cl2N2OS. The quantitative estimate of drug-likeness (QED) is 0.895. The Balaban J connectivity index is 1.95. The van der Waals surface area contributed by atoms with E-state index in [1.807, 2.05) is 24.3 Å². The number of rotatable bonds is 2. The number of hydrogen-bond donors (Lipinski definition) is 1. The van der Waals surface area contributed by atoms with E-state index in [1.54, 1.807) is 24.1 Å². The van der Waals surface area contributed by atoms with Gasteiger partial charge < -0.3 is 10.6 Å². The van der Waals surface area contributed by atoms with Gasteiger partial charge in [0.2, 0.25) is 5.91 Å². The van der Waals surface area contributed by atoms with E-state index < -0.39 is 6.04 Å². The van der Waals surface area contributed by atoms with Crippen LogP contribution < -0.4 is 10.6 Å². The largest absolute Gasteiger partial charge is 0.316 e. The number of halogens is 2. The Morgan fingerprint density at radius 1 is 1.19 bits per heavy atom. The summed E-state index contributed by atoms with van der Waals surface area (Å²) in [6.45, 7) is 0. The van der Waals surface area contributed by atoms with E-state index in [1.165, 1.54) is 11.8 Å². The van der Waals surface area contributed by atoms with Gasteiger partial charge in [0.25, 0.3) is 0 Å². The number of benzene rings is 2. The molecule has 0 fully saturated rings. The van der Waals surface area contributed by atoms with Gasteiger partial charge in [0.15, 0.2) is 0 Å². The zero-order valence-corrected chi connectivity index (χ0v) is 13.5. The number of carbonyl (C=O) groups is 1. The van der Waals surface area contributed by atoms with E-state index in [4.69, 9.17) is 28.9 Å². The number of fused-ring (bicyclic) bond motifs is 1. The molecular weight excluding hydrogens is 327 g/mol. The van der Waals surface area contributed by atoms with Crippen LogP contribution in [-0.4, -0.2) is 13.0 Å². The minimum atomic E-state index is -0.571. The fourth-order valence-corrected chi connectivity index (χ4v) is 3.67. The maximum Gasteiger partial charge on any atom is 0.248 e. The summed E-state index contributed by atoms with van der Waals surface area (Å²) in [7, 11) is 1.73. The molecule has 1 aliphatic rings. The first-order valence-electron chi connectivity index (χ1n) is 6.27. The second kappa shape index (κ2) is 5.54. The molecule has 6 heteroatoms. The molecule has 0 spiro atoms. The van der Waals surface area contributed by atoms with Crippen LogP contribution in [0.4, 0.5) is 5.69 Å². The lowest BCUT2D eigenvalue weighted by atomic mass is 10.1. The van der Waals surface area contributed by atoms with Gasteiger partial charge in [-0.3, -0.25) is 4.79 Å². The first kappa shape index (κ1) is 14.7. The molecule has 2 N–H and O–H groups in total. The van der Waals surface area contributed by atoms with Crippen LogP contribution >= 0.6 is 35.0 Å². The number of likely N-dealkylation sites (N-methyl/N-ethyl adjacent to an activating group) is 1. The van der Waals surface area contributed by atoms with E-state index in [9.17, 15) is 4.79 Å². The Bertz CT molecular complexity index is 736. The van der Waals surface area contributed by atoms with E-state index >= 15 is 0 Å². The molecule has 1 heterocycles. The van der Waals surface area contributed by atoms with Gasteiger partial charge in [-0.2, -0.15) is 0 Å². The second-order valence-electron chi connectivity index (χ2n) is 4.77. The predicted octanol–water partition coefficient (Wildman–Crippen LogP) is 4.12. The zero-order chi connectivity index (χ0) is 15.1. The number of nitrogens with zero attached hydrogens (tertiary/aromatic N) is 1. The minimum absolute atomic E-state index is 0.0899. The van der Waals surface area contributed by atoms with Crippen LogP contribution in [0.2, 0.25) is 10.0 Å². The Kier molecular flexibility index (Phi) is 3.88. The molecule has 0 saturated carbocycles. The Morgan fingerprint density at radius 3 is 2.71 bits per heavy atom. The third kappa shape index (κ3) is 2.64. The lowest BCUT2D eigenvalue weighted by Crippen LogP contribution is -2.27. The molecule has 1 aliphatic heterocycles. The maximum absolute atomic E-state index is 11.9. The van der Waals surface area contributed by atoms with Crippen molar-refractivity contribution in [2.45, 2.75) is 15.8 Å². The predicted molar refractivity (Wildman–Crippen MR) is 87.4 cm³/mol. The monoisotopic (exact) mass is 338 g/mol. The third-order valence-electron chi connectivity index (χ3n) is 3.42. The van der Waals surface area contributed by atoms with Crippen LogP contribution in [0.3, 0.4) is 0 Å². The second-order valence-corrected chi connectivity index (χ2v) is 6.73. The summed E-state index contributed by atoms with van der Waals surface area (Å²) in [5, 5.41) is 1.28. The molecule has 1 unspecified atom stereocenters. The number of hydrogen-bond acceptors (Lipinski definition) is 3. The molecule has 2 aromatic rings. The van der Waals surface area contributed by atoms with Crippen molar-refractivity contribution in [1.29, 1.82) is 0 Å². The first-order chi connectivity index (χ1) is 9.97. The van der Waals surface area contributed by atoms with Gasteiger partial charge in [-0.15, -0.1) is 0 Å². The first-order valence-corrected chi connectivity index (χ1v) is 7.84. The fourth-order valence-electron chi connectivity index (χ4n) is 2.28. The summed E-state index contributed by atoms with van der Waals surface area (Å²) in [6.07, 6.45) is 0. The number of nitrogens with two attached hydrogens (primary N) is 1. The molecule has 0 bridgehead atoms. The van der Waals surface area contributed by atoms with Crippen molar-refractivity contribution in [2.75, 3.05) is 11.9 Å². The summed E-state index contributed by atoms with van der Waals surface area (Å²) in [4.78, 5) is 15.3. The SMILES string of the molecule is CN1C(=O)C(N)c2ccc(Sc3cc(Cl)ccc3Cl)cc21. The Morgan fingerprint density at radius 2 is 1.95 bits per heavy atom. The number of carbonyl (C=O) groups excluding carboxylic acids is 1. The standard InChI is InChI=1S/C15H12Cl2N2OS/c1-19-12-7-9(3-4-10(12)14(18)15(19)20)21-13-6-8(16)2-5-11(13)17/h2-7,14H,18H2,1H3. The molecule has 2 aromatic carbocycles. The topological polar surface area (TPSA) is 46.3 Å². The summed E-state index contributed by atoms with van der Waals surface area (Å²) < 4.78 is 0. The normalized spacial score (nSPS) is 17.2. The van der Waals surface area contributed by atoms with Gasteiger partial charge in [0.1, 0.15) is 6.04 Å². The van der Waals surface area contributed by atoms with Crippen LogP contribution in [0.1, 0.15) is 11.6 Å². The van der Waals surface area contributed by atoms with Crippen molar-refractivity contribution in [3.63, 3.8) is 0 Å². The molecule has 0 radical (unpaired) electrons. The summed E-state index contributed by atoms with van der Waals surface area (Å²) in [5.74, 6) is -0.0899. The summed E-state index contributed by atoms with van der Waals surface area (Å²) in [5.41, 5.74) is 7.58. The van der Waals surface area contributed by atoms with Crippen molar-refractivity contribution in [3.8, 4) is 0 Å². The molecule has 1 amide bonds. The van der Waals surface area contributed by atoms with Crippen LogP contribution in [0.5, 0.6) is 0 Å². The van der Waals surface area contributed by atoms with Crippen molar-refractivity contribution in [1.82, 2.24) is 0 Å². The van der Waals surface area contributed by atoms with Gasteiger partial charge >= 0.3 is 0 Å². The average molecular weight is 339 g/mol. The van der Waals surface area contributed by atoms with Crippen LogP contribution in [0.15, 0.2) is 46.2 Å². The van der Waals surface area contributed by atoms with Crippen LogP contribution in [0, 0.1) is 0 Å². The highest BCUT2D eigenvalue weighted by Crippen LogP contribution is 2.40. The highest BCUT2D eigenvalue weighted by molar-refractivity contribution is 7.99. The summed E-state index contributed by atoms with van der Waals surface area (Å²) >= 11 is 13.7. The Hall–Kier alpha value is -1.20. The third-order valence-corrected chi connectivity index (χ3v) is 5.14. The van der Waals surface area contributed by atoms with Crippen molar-refractivity contribution in [3.05, 3.63) is 52.0 Å². The number of amides is 1. The van der Waals surface area contributed by atoms with Crippen molar-refractivity contribution in [2.24, 2.45) is 5.73 Å². The van der Waals surface area contributed by atoms with Gasteiger partial charge in [-0.25, -0.2) is 0 Å². The molecule has 3 nitrogen and oxygen atoms in total. The molecule has 0 aromatic heterocycles. The molecule has 108 valence electrons. The molecule has 0 aliphatic carbocycles. The van der Waals surface area contributed by atoms with Gasteiger partial charge in [-0.05, 0) is 30.3 Å². The maximum atomic E-state index is 11.9. The van der Waals surface area contributed by atoms with Crippen LogP contribution in [0.25, 0.3) is 0 Å². The van der Waals surface area contributed by atoms with E-state index in [2.05, 4.69) is 0 Å². The zero-order valence-electron chi connectivity index (χ0n) is 11.1. The highest BCUT2D eigenvalue weighted by atomic mass is 35.5. The molecule has 3 rings (SSSR count). The number of anilines is 1. The lowest BCUT2D eigenvalue weighted by Gasteiger charge is -2.11. The van der Waals surface area contributed by atoms with E-state index in [0.717, 1.165) is 21.0 Å². The smallest absolute Gasteiger partial charge is 0.248 e. The fraction of sp³-hybridized carbons (Fsp3) is 0.133. The van der Waals surface area contributed by atoms with Crippen LogP contribution in [-0.2, 0) is 4.79 Å². The van der Waals surface area contributed by atoms with E-state index in [-0.39, 0.29) is 5.91 Å². The lowest BCUT2D eigenvalue weighted by molar-refractivity contribution is -0.118. The van der Waals surface area contributed by atoms with E-state index in [0.29, 0.717) is 10.0 Å². The Labute approximate surface area is 137 Å². The molecule has 0 saturated heterocycles. The summed E-state index contributed by atoms with van der Waals surface area (Å²) in [6, 6.07) is 10.5. The van der Waals surface area contributed by atoms with Gasteiger partial charge in [0, 0.05) is 33.1 Å². The van der Waals surface area contributed by atoms with Gasteiger partial charge in [-0.1, -0.05) is 41.0 Å². The highest BCUT2D eigenvalue weighted by Gasteiger charge is 2.32. The average Bonchev–Trinajstić information content (AvgIpc) is 2.68.